The normalized spacial score (nSPS) is 15.3. The number of ether oxygens (including phenoxy) is 1. The summed E-state index contributed by atoms with van der Waals surface area (Å²) in [6.45, 7) is 3.94. The molecule has 0 spiro atoms. The molecule has 0 atom stereocenters. The van der Waals surface area contributed by atoms with Gasteiger partial charge in [0.15, 0.2) is 0 Å². The Hall–Kier alpha value is -3.21. The minimum Gasteiger partial charge on any atom is -0.422 e. The monoisotopic (exact) mass is 321 g/mol. The van der Waals surface area contributed by atoms with Crippen molar-refractivity contribution in [2.45, 2.75) is 13.8 Å². The van der Waals surface area contributed by atoms with Crippen molar-refractivity contribution < 1.29 is 14.5 Å². The first-order valence-electron chi connectivity index (χ1n) is 7.42. The zero-order chi connectivity index (χ0) is 17.3. The van der Waals surface area contributed by atoms with Crippen LogP contribution in [0.1, 0.15) is 22.3 Å². The summed E-state index contributed by atoms with van der Waals surface area (Å²) in [5.74, 6) is -0.0505. The van der Waals surface area contributed by atoms with Crippen molar-refractivity contribution in [2.75, 3.05) is 0 Å². The largest absolute Gasteiger partial charge is 0.422 e. The fraction of sp³-hybridized carbons (Fsp3) is 0.105. The standard InChI is InChI=1S/C19H15NO4/c1-12-7-8-16(13(2)9-12)18-11-15(19(21)24-18)10-14-5-3-4-6-17(14)20(22)23/h3-11H,1-2H3/b15-10-. The molecule has 0 saturated carbocycles. The molecule has 0 amide bonds. The summed E-state index contributed by atoms with van der Waals surface area (Å²) in [7, 11) is 0. The van der Waals surface area contributed by atoms with Crippen LogP contribution in [-0.4, -0.2) is 10.9 Å². The Balaban J connectivity index is 2.02. The van der Waals surface area contributed by atoms with Crippen LogP contribution in [0.15, 0.2) is 54.1 Å². The number of hydrogen-bond acceptors (Lipinski definition) is 4. The van der Waals surface area contributed by atoms with E-state index in [-0.39, 0.29) is 5.69 Å². The molecule has 0 aromatic heterocycles. The van der Waals surface area contributed by atoms with Gasteiger partial charge in [-0.2, -0.15) is 0 Å². The molecule has 1 aliphatic rings. The van der Waals surface area contributed by atoms with E-state index < -0.39 is 10.9 Å². The molecule has 3 rings (SSSR count). The average Bonchev–Trinajstić information content (AvgIpc) is 2.88. The summed E-state index contributed by atoms with van der Waals surface area (Å²) in [5, 5.41) is 11.1. The average molecular weight is 321 g/mol. The Morgan fingerprint density at radius 2 is 1.88 bits per heavy atom. The lowest BCUT2D eigenvalue weighted by molar-refractivity contribution is -0.385. The van der Waals surface area contributed by atoms with E-state index in [4.69, 9.17) is 4.74 Å². The maximum atomic E-state index is 12.1. The summed E-state index contributed by atoms with van der Waals surface area (Å²) >= 11 is 0. The van der Waals surface area contributed by atoms with Crippen LogP contribution in [0.25, 0.3) is 11.8 Å². The van der Waals surface area contributed by atoms with Crippen LogP contribution in [0.3, 0.4) is 0 Å². The number of nitro groups is 1. The molecular weight excluding hydrogens is 306 g/mol. The number of cyclic esters (lactones) is 1. The van der Waals surface area contributed by atoms with Crippen molar-refractivity contribution in [1.82, 2.24) is 0 Å². The molecule has 0 saturated heterocycles. The number of esters is 1. The molecule has 2 aromatic rings. The SMILES string of the molecule is Cc1ccc(C2=C/C(=C/c3ccccc3[N+](=O)[O-])C(=O)O2)c(C)c1. The van der Waals surface area contributed by atoms with Crippen LogP contribution >= 0.6 is 0 Å². The number of nitro benzene ring substituents is 1. The topological polar surface area (TPSA) is 69.4 Å². The number of nitrogens with zero attached hydrogens (tertiary/aromatic N) is 1. The molecule has 0 N–H and O–H groups in total. The Labute approximate surface area is 139 Å². The van der Waals surface area contributed by atoms with Crippen LogP contribution in [0.2, 0.25) is 0 Å². The molecule has 24 heavy (non-hydrogen) atoms. The zero-order valence-corrected chi connectivity index (χ0v) is 13.3. The van der Waals surface area contributed by atoms with Crippen LogP contribution in [0, 0.1) is 24.0 Å². The lowest BCUT2D eigenvalue weighted by atomic mass is 10.0. The Bertz CT molecular complexity index is 909. The van der Waals surface area contributed by atoms with E-state index in [1.54, 1.807) is 24.3 Å². The van der Waals surface area contributed by atoms with Crippen molar-refractivity contribution in [2.24, 2.45) is 0 Å². The summed E-state index contributed by atoms with van der Waals surface area (Å²) < 4.78 is 5.34. The highest BCUT2D eigenvalue weighted by molar-refractivity contribution is 6.05. The van der Waals surface area contributed by atoms with Gasteiger partial charge in [0.2, 0.25) is 0 Å². The molecule has 1 aliphatic heterocycles. The summed E-state index contributed by atoms with van der Waals surface area (Å²) in [4.78, 5) is 22.7. The van der Waals surface area contributed by atoms with Gasteiger partial charge in [-0.05, 0) is 37.6 Å². The van der Waals surface area contributed by atoms with E-state index in [2.05, 4.69) is 0 Å². The molecule has 120 valence electrons. The van der Waals surface area contributed by atoms with Gasteiger partial charge in [-0.25, -0.2) is 4.79 Å². The lowest BCUT2D eigenvalue weighted by Crippen LogP contribution is -1.99. The highest BCUT2D eigenvalue weighted by Crippen LogP contribution is 2.31. The Kier molecular flexibility index (Phi) is 4.00. The predicted molar refractivity (Wildman–Crippen MR) is 91.1 cm³/mol. The van der Waals surface area contributed by atoms with E-state index in [0.717, 1.165) is 16.7 Å². The molecule has 0 radical (unpaired) electrons. The van der Waals surface area contributed by atoms with Crippen LogP contribution in [-0.2, 0) is 9.53 Å². The number of carbonyl (C=O) groups is 1. The number of aryl methyl sites for hydroxylation is 2. The summed E-state index contributed by atoms with van der Waals surface area (Å²) in [5.41, 5.74) is 3.57. The minimum absolute atomic E-state index is 0.0498. The highest BCUT2D eigenvalue weighted by Gasteiger charge is 2.24. The van der Waals surface area contributed by atoms with Gasteiger partial charge in [0.25, 0.3) is 5.69 Å². The van der Waals surface area contributed by atoms with Gasteiger partial charge in [0.05, 0.1) is 16.1 Å². The van der Waals surface area contributed by atoms with Gasteiger partial charge in [-0.3, -0.25) is 10.1 Å². The van der Waals surface area contributed by atoms with Gasteiger partial charge in [-0.15, -0.1) is 0 Å². The second-order valence-electron chi connectivity index (χ2n) is 5.63. The first-order valence-corrected chi connectivity index (χ1v) is 7.42. The highest BCUT2D eigenvalue weighted by atomic mass is 16.6. The summed E-state index contributed by atoms with van der Waals surface area (Å²) in [6, 6.07) is 12.1. The fourth-order valence-electron chi connectivity index (χ4n) is 2.66. The number of hydrogen-bond donors (Lipinski definition) is 0. The van der Waals surface area contributed by atoms with Gasteiger partial charge >= 0.3 is 5.97 Å². The first-order chi connectivity index (χ1) is 11.5. The third-order valence-corrected chi connectivity index (χ3v) is 3.82. The smallest absolute Gasteiger partial charge is 0.343 e. The van der Waals surface area contributed by atoms with E-state index in [1.165, 1.54) is 12.1 Å². The van der Waals surface area contributed by atoms with Crippen molar-refractivity contribution >= 4 is 23.5 Å². The Morgan fingerprint density at radius 3 is 2.58 bits per heavy atom. The third kappa shape index (κ3) is 2.96. The second-order valence-corrected chi connectivity index (χ2v) is 5.63. The molecule has 0 aliphatic carbocycles. The van der Waals surface area contributed by atoms with Crippen LogP contribution in [0.5, 0.6) is 0 Å². The molecule has 2 aromatic carbocycles. The molecule has 5 heteroatoms. The minimum atomic E-state index is -0.511. The fourth-order valence-corrected chi connectivity index (χ4v) is 2.66. The molecule has 5 nitrogen and oxygen atoms in total. The van der Waals surface area contributed by atoms with Gasteiger partial charge in [0, 0.05) is 11.6 Å². The van der Waals surface area contributed by atoms with Crippen LogP contribution < -0.4 is 0 Å². The maximum Gasteiger partial charge on any atom is 0.343 e. The van der Waals surface area contributed by atoms with Crippen molar-refractivity contribution in [1.29, 1.82) is 0 Å². The second kappa shape index (κ2) is 6.12. The van der Waals surface area contributed by atoms with E-state index in [0.29, 0.717) is 16.9 Å². The molecular formula is C19H15NO4. The molecule has 0 bridgehead atoms. The number of carbonyl (C=O) groups excluding carboxylic acids is 1. The Morgan fingerprint density at radius 1 is 1.12 bits per heavy atom. The van der Waals surface area contributed by atoms with E-state index >= 15 is 0 Å². The first kappa shape index (κ1) is 15.7. The van der Waals surface area contributed by atoms with E-state index in [1.807, 2.05) is 32.0 Å². The number of rotatable bonds is 3. The van der Waals surface area contributed by atoms with Crippen molar-refractivity contribution in [3.63, 3.8) is 0 Å². The van der Waals surface area contributed by atoms with Crippen LogP contribution in [0.4, 0.5) is 5.69 Å². The molecule has 0 unspecified atom stereocenters. The third-order valence-electron chi connectivity index (χ3n) is 3.82. The quantitative estimate of drug-likeness (QED) is 0.368. The number of benzene rings is 2. The molecule has 1 heterocycles. The molecule has 0 fully saturated rings. The van der Waals surface area contributed by atoms with E-state index in [9.17, 15) is 14.9 Å². The van der Waals surface area contributed by atoms with Gasteiger partial charge in [-0.1, -0.05) is 35.9 Å². The predicted octanol–water partition coefficient (Wildman–Crippen LogP) is 4.19. The van der Waals surface area contributed by atoms with Crippen molar-refractivity contribution in [3.05, 3.63) is 86.5 Å². The van der Waals surface area contributed by atoms with Crippen molar-refractivity contribution in [3.8, 4) is 0 Å². The number of para-hydroxylation sites is 1. The maximum absolute atomic E-state index is 12.1. The lowest BCUT2D eigenvalue weighted by Gasteiger charge is -2.06. The van der Waals surface area contributed by atoms with Gasteiger partial charge < -0.3 is 4.74 Å². The zero-order valence-electron chi connectivity index (χ0n) is 13.3. The van der Waals surface area contributed by atoms with Gasteiger partial charge in [0.1, 0.15) is 5.76 Å². The summed E-state index contributed by atoms with van der Waals surface area (Å²) in [6.07, 6.45) is 3.10.